The number of carbonyl (C=O) groups excluding carboxylic acids is 1. The summed E-state index contributed by atoms with van der Waals surface area (Å²) < 4.78 is 1.85. The third-order valence-corrected chi connectivity index (χ3v) is 6.96. The Kier molecular flexibility index (Phi) is 6.01. The lowest BCUT2D eigenvalue weighted by Crippen LogP contribution is -2.35. The van der Waals surface area contributed by atoms with Crippen LogP contribution in [0.25, 0.3) is 5.65 Å². The van der Waals surface area contributed by atoms with Gasteiger partial charge in [-0.25, -0.2) is 9.50 Å². The van der Waals surface area contributed by atoms with E-state index in [-0.39, 0.29) is 18.0 Å². The molecule has 2 N–H and O–H groups in total. The molecule has 174 valence electrons. The van der Waals surface area contributed by atoms with E-state index in [1.807, 2.05) is 33.8 Å². The molecule has 8 heteroatoms. The van der Waals surface area contributed by atoms with Gasteiger partial charge in [0, 0.05) is 49.7 Å². The first-order valence-electron chi connectivity index (χ1n) is 12.2. The summed E-state index contributed by atoms with van der Waals surface area (Å²) in [5.74, 6) is 0.974. The van der Waals surface area contributed by atoms with Crippen LogP contribution >= 0.6 is 0 Å². The van der Waals surface area contributed by atoms with Gasteiger partial charge in [-0.15, -0.1) is 0 Å². The van der Waals surface area contributed by atoms with Gasteiger partial charge in [0.25, 0.3) is 5.91 Å². The smallest absolute Gasteiger partial charge is 0.273 e. The van der Waals surface area contributed by atoms with Crippen molar-refractivity contribution in [1.29, 1.82) is 0 Å². The topological polar surface area (TPSA) is 92.7 Å². The predicted molar refractivity (Wildman–Crippen MR) is 128 cm³/mol. The van der Waals surface area contributed by atoms with Crippen molar-refractivity contribution >= 4 is 17.4 Å². The van der Waals surface area contributed by atoms with Crippen LogP contribution in [0.1, 0.15) is 72.4 Å². The SMILES string of the molecule is CCc1ccnc(C(=O)N2CCCCCC2c2cc3nc(N4CCC(N)C4)c(C)cn3n2)c1. The number of hydrogen-bond donors (Lipinski definition) is 1. The number of anilines is 1. The molecule has 2 saturated heterocycles. The van der Waals surface area contributed by atoms with Gasteiger partial charge in [0.15, 0.2) is 5.65 Å². The summed E-state index contributed by atoms with van der Waals surface area (Å²) in [6, 6.07) is 6.07. The Morgan fingerprint density at radius 1 is 1.18 bits per heavy atom. The second-order valence-corrected chi connectivity index (χ2v) is 9.38. The van der Waals surface area contributed by atoms with E-state index in [1.165, 1.54) is 0 Å². The highest BCUT2D eigenvalue weighted by molar-refractivity contribution is 5.92. The fraction of sp³-hybridized carbons (Fsp3) is 0.520. The Morgan fingerprint density at radius 3 is 2.85 bits per heavy atom. The highest BCUT2D eigenvalue weighted by atomic mass is 16.2. The van der Waals surface area contributed by atoms with Crippen molar-refractivity contribution < 1.29 is 4.79 Å². The third kappa shape index (κ3) is 4.31. The molecule has 5 heterocycles. The lowest BCUT2D eigenvalue weighted by molar-refractivity contribution is 0.0670. The number of nitrogens with zero attached hydrogens (tertiary/aromatic N) is 6. The highest BCUT2D eigenvalue weighted by Crippen LogP contribution is 2.32. The molecule has 8 nitrogen and oxygen atoms in total. The van der Waals surface area contributed by atoms with E-state index in [9.17, 15) is 4.79 Å². The fourth-order valence-corrected chi connectivity index (χ4v) is 5.10. The Labute approximate surface area is 194 Å². The van der Waals surface area contributed by atoms with Crippen molar-refractivity contribution in [1.82, 2.24) is 24.5 Å². The number of aromatic nitrogens is 4. The minimum atomic E-state index is -0.0715. The molecule has 3 aromatic heterocycles. The number of amides is 1. The maximum absolute atomic E-state index is 13.5. The number of hydrogen-bond acceptors (Lipinski definition) is 6. The highest BCUT2D eigenvalue weighted by Gasteiger charge is 2.31. The van der Waals surface area contributed by atoms with Crippen LogP contribution in [0.2, 0.25) is 0 Å². The number of rotatable bonds is 4. The van der Waals surface area contributed by atoms with Crippen LogP contribution in [0, 0.1) is 6.92 Å². The van der Waals surface area contributed by atoms with Crippen molar-refractivity contribution in [2.75, 3.05) is 24.5 Å². The minimum absolute atomic E-state index is 0.00913. The van der Waals surface area contributed by atoms with E-state index in [0.29, 0.717) is 5.69 Å². The molecule has 1 amide bonds. The number of likely N-dealkylation sites (tertiary alicyclic amines) is 1. The molecule has 0 radical (unpaired) electrons. The molecular weight excluding hydrogens is 414 g/mol. The number of pyridine rings is 1. The number of carbonyl (C=O) groups is 1. The average molecular weight is 448 g/mol. The molecule has 33 heavy (non-hydrogen) atoms. The van der Waals surface area contributed by atoms with Crippen molar-refractivity contribution in [2.24, 2.45) is 5.73 Å². The normalized spacial score (nSPS) is 21.5. The molecule has 0 bridgehead atoms. The first-order chi connectivity index (χ1) is 16.0. The zero-order valence-corrected chi connectivity index (χ0v) is 19.6. The first kappa shape index (κ1) is 21.8. The molecule has 0 aromatic carbocycles. The van der Waals surface area contributed by atoms with Crippen LogP contribution in [0.5, 0.6) is 0 Å². The molecule has 2 aliphatic heterocycles. The molecule has 0 aliphatic carbocycles. The summed E-state index contributed by atoms with van der Waals surface area (Å²) in [5.41, 5.74) is 10.6. The van der Waals surface area contributed by atoms with Crippen LogP contribution in [0.15, 0.2) is 30.6 Å². The van der Waals surface area contributed by atoms with E-state index in [0.717, 1.165) is 86.4 Å². The zero-order chi connectivity index (χ0) is 22.9. The fourth-order valence-electron chi connectivity index (χ4n) is 5.10. The van der Waals surface area contributed by atoms with Crippen LogP contribution in [0.4, 0.5) is 5.82 Å². The van der Waals surface area contributed by atoms with Gasteiger partial charge < -0.3 is 15.5 Å². The zero-order valence-electron chi connectivity index (χ0n) is 19.6. The summed E-state index contributed by atoms with van der Waals surface area (Å²) in [5, 5.41) is 4.88. The van der Waals surface area contributed by atoms with Gasteiger partial charge in [-0.05, 0) is 50.3 Å². The van der Waals surface area contributed by atoms with E-state index >= 15 is 0 Å². The van der Waals surface area contributed by atoms with Crippen LogP contribution in [-0.2, 0) is 6.42 Å². The predicted octanol–water partition coefficient (Wildman–Crippen LogP) is 3.29. The van der Waals surface area contributed by atoms with Crippen molar-refractivity contribution in [3.8, 4) is 0 Å². The number of aryl methyl sites for hydroxylation is 2. The third-order valence-electron chi connectivity index (χ3n) is 6.96. The molecule has 2 fully saturated rings. The first-order valence-corrected chi connectivity index (χ1v) is 12.2. The second-order valence-electron chi connectivity index (χ2n) is 9.38. The van der Waals surface area contributed by atoms with E-state index < -0.39 is 0 Å². The van der Waals surface area contributed by atoms with E-state index in [2.05, 4.69) is 23.7 Å². The lowest BCUT2D eigenvalue weighted by Gasteiger charge is -2.28. The van der Waals surface area contributed by atoms with Crippen LogP contribution in [-0.4, -0.2) is 56.1 Å². The summed E-state index contributed by atoms with van der Waals surface area (Å²) >= 11 is 0. The van der Waals surface area contributed by atoms with Gasteiger partial charge in [-0.1, -0.05) is 19.8 Å². The number of nitrogens with two attached hydrogens (primary N) is 1. The Balaban J connectivity index is 1.48. The summed E-state index contributed by atoms with van der Waals surface area (Å²) in [7, 11) is 0. The summed E-state index contributed by atoms with van der Waals surface area (Å²) in [6.07, 6.45) is 9.75. The van der Waals surface area contributed by atoms with Gasteiger partial charge in [0.05, 0.1) is 11.7 Å². The maximum Gasteiger partial charge on any atom is 0.273 e. The molecule has 2 atom stereocenters. The van der Waals surface area contributed by atoms with Gasteiger partial charge in [-0.2, -0.15) is 5.10 Å². The minimum Gasteiger partial charge on any atom is -0.355 e. The Hall–Kier alpha value is -3.00. The Bertz CT molecular complexity index is 1160. The molecule has 3 aromatic rings. The monoisotopic (exact) mass is 447 g/mol. The molecule has 0 spiro atoms. The lowest BCUT2D eigenvalue weighted by atomic mass is 10.1. The van der Waals surface area contributed by atoms with Crippen molar-refractivity contribution in [3.05, 3.63) is 53.1 Å². The molecule has 2 aliphatic rings. The van der Waals surface area contributed by atoms with E-state index in [4.69, 9.17) is 15.8 Å². The summed E-state index contributed by atoms with van der Waals surface area (Å²) in [6.45, 7) is 6.65. The Morgan fingerprint density at radius 2 is 2.06 bits per heavy atom. The van der Waals surface area contributed by atoms with Gasteiger partial charge in [0.1, 0.15) is 11.5 Å². The average Bonchev–Trinajstić information content (AvgIpc) is 3.35. The molecule has 2 unspecified atom stereocenters. The standard InChI is InChI=1S/C25H33N7O/c1-3-18-8-10-27-21(13-18)25(33)31-11-6-4-5-7-22(31)20-14-23-28-24(17(2)15-32(23)29-20)30-12-9-19(26)16-30/h8,10,13-15,19,22H,3-7,9,11-12,16,26H2,1-2H3. The molecule has 0 saturated carbocycles. The van der Waals surface area contributed by atoms with Gasteiger partial charge in [0.2, 0.25) is 0 Å². The van der Waals surface area contributed by atoms with Crippen LogP contribution < -0.4 is 10.6 Å². The van der Waals surface area contributed by atoms with Crippen molar-refractivity contribution in [2.45, 2.75) is 64.5 Å². The quantitative estimate of drug-likeness (QED) is 0.660. The molecule has 5 rings (SSSR count). The summed E-state index contributed by atoms with van der Waals surface area (Å²) in [4.78, 5) is 27.1. The van der Waals surface area contributed by atoms with E-state index in [1.54, 1.807) is 6.20 Å². The molecular formula is C25H33N7O. The number of fused-ring (bicyclic) bond motifs is 1. The van der Waals surface area contributed by atoms with Crippen LogP contribution in [0.3, 0.4) is 0 Å². The van der Waals surface area contributed by atoms with Gasteiger partial charge >= 0.3 is 0 Å². The largest absolute Gasteiger partial charge is 0.355 e. The van der Waals surface area contributed by atoms with Crippen molar-refractivity contribution in [3.63, 3.8) is 0 Å². The van der Waals surface area contributed by atoms with Gasteiger partial charge in [-0.3, -0.25) is 9.78 Å². The second kappa shape index (κ2) is 9.09. The maximum atomic E-state index is 13.5.